The van der Waals surface area contributed by atoms with Crippen molar-refractivity contribution in [3.63, 3.8) is 0 Å². The van der Waals surface area contributed by atoms with Gasteiger partial charge in [0.05, 0.1) is 0 Å². The summed E-state index contributed by atoms with van der Waals surface area (Å²) in [6.45, 7) is 4.60. The van der Waals surface area contributed by atoms with Crippen LogP contribution in [0.25, 0.3) is 0 Å². The van der Waals surface area contributed by atoms with Crippen molar-refractivity contribution in [3.05, 3.63) is 12.2 Å². The Bertz CT molecular complexity index is 329. The van der Waals surface area contributed by atoms with Crippen molar-refractivity contribution in [2.24, 2.45) is 0 Å². The molecule has 0 aliphatic rings. The second-order valence-electron chi connectivity index (χ2n) is 10.5. The minimum absolute atomic E-state index is 1.31. The van der Waals surface area contributed by atoms with Gasteiger partial charge in [0.25, 0.3) is 0 Å². The van der Waals surface area contributed by atoms with Crippen molar-refractivity contribution in [1.82, 2.24) is 0 Å². The number of hydrogen-bond acceptors (Lipinski definition) is 0. The summed E-state index contributed by atoms with van der Waals surface area (Å²) in [6, 6.07) is 0. The average Bonchev–Trinajstić information content (AvgIpc) is 2.81. The molecule has 0 saturated carbocycles. The quantitative estimate of drug-likeness (QED) is 0.0824. The lowest BCUT2D eigenvalue weighted by molar-refractivity contribution is 0.520. The van der Waals surface area contributed by atoms with Crippen LogP contribution in [0.5, 0.6) is 0 Å². The van der Waals surface area contributed by atoms with E-state index in [0.717, 1.165) is 0 Å². The summed E-state index contributed by atoms with van der Waals surface area (Å²) < 4.78 is 0. The standard InChI is InChI=1S/C32H64/c1-3-5-7-9-11-13-15-17-19-21-23-25-27-29-31-32-30-28-26-24-22-20-18-16-14-12-10-8-6-4-2/h15,17H,3-14,16,18-32H2,1-2H3/b17-15-. The van der Waals surface area contributed by atoms with Gasteiger partial charge in [-0.25, -0.2) is 0 Å². The predicted octanol–water partition coefficient (Wildman–Crippen LogP) is 12.5. The van der Waals surface area contributed by atoms with Crippen molar-refractivity contribution < 1.29 is 0 Å². The minimum Gasteiger partial charge on any atom is -0.0885 e. The summed E-state index contributed by atoms with van der Waals surface area (Å²) in [5, 5.41) is 0. The van der Waals surface area contributed by atoms with E-state index in [9.17, 15) is 0 Å². The molecular formula is C32H64. The second-order valence-corrected chi connectivity index (χ2v) is 10.5. The monoisotopic (exact) mass is 449 g/mol. The molecule has 0 fully saturated rings. The Labute approximate surface area is 205 Å². The van der Waals surface area contributed by atoms with Gasteiger partial charge in [-0.3, -0.25) is 0 Å². The first-order chi connectivity index (χ1) is 15.9. The van der Waals surface area contributed by atoms with Crippen molar-refractivity contribution >= 4 is 0 Å². The van der Waals surface area contributed by atoms with E-state index >= 15 is 0 Å². The van der Waals surface area contributed by atoms with Crippen LogP contribution in [-0.4, -0.2) is 0 Å². The van der Waals surface area contributed by atoms with Gasteiger partial charge in [-0.05, 0) is 25.7 Å². The van der Waals surface area contributed by atoms with Gasteiger partial charge in [-0.2, -0.15) is 0 Å². The summed E-state index contributed by atoms with van der Waals surface area (Å²) >= 11 is 0. The van der Waals surface area contributed by atoms with Crippen LogP contribution in [0.1, 0.15) is 194 Å². The zero-order valence-corrected chi connectivity index (χ0v) is 23.0. The normalized spacial score (nSPS) is 11.7. The third-order valence-corrected chi connectivity index (χ3v) is 7.12. The van der Waals surface area contributed by atoms with Gasteiger partial charge in [0.2, 0.25) is 0 Å². The lowest BCUT2D eigenvalue weighted by atomic mass is 10.0. The molecule has 0 aromatic heterocycles. The lowest BCUT2D eigenvalue weighted by Gasteiger charge is -2.04. The highest BCUT2D eigenvalue weighted by Crippen LogP contribution is 2.15. The van der Waals surface area contributed by atoms with E-state index in [1.165, 1.54) is 180 Å². The fraction of sp³-hybridized carbons (Fsp3) is 0.938. The zero-order chi connectivity index (χ0) is 23.2. The van der Waals surface area contributed by atoms with Gasteiger partial charge in [0.1, 0.15) is 0 Å². The fourth-order valence-corrected chi connectivity index (χ4v) is 4.80. The van der Waals surface area contributed by atoms with Gasteiger partial charge < -0.3 is 0 Å². The molecule has 192 valence electrons. The molecule has 0 heteroatoms. The van der Waals surface area contributed by atoms with Crippen molar-refractivity contribution in [1.29, 1.82) is 0 Å². The molecule has 0 aromatic carbocycles. The summed E-state index contributed by atoms with van der Waals surface area (Å²) in [6.07, 6.45) is 45.4. The fourth-order valence-electron chi connectivity index (χ4n) is 4.80. The maximum absolute atomic E-state index is 2.44. The Hall–Kier alpha value is -0.260. The highest BCUT2D eigenvalue weighted by atomic mass is 14.0. The smallest absolute Gasteiger partial charge is 0.0351 e. The van der Waals surface area contributed by atoms with Gasteiger partial charge in [-0.15, -0.1) is 0 Å². The largest absolute Gasteiger partial charge is 0.0885 e. The molecule has 0 amide bonds. The van der Waals surface area contributed by atoms with E-state index in [2.05, 4.69) is 26.0 Å². The van der Waals surface area contributed by atoms with Gasteiger partial charge in [0, 0.05) is 0 Å². The Kier molecular flexibility index (Phi) is 30.5. The molecule has 0 unspecified atom stereocenters. The van der Waals surface area contributed by atoms with E-state index < -0.39 is 0 Å². The van der Waals surface area contributed by atoms with E-state index in [1.807, 2.05) is 0 Å². The predicted molar refractivity (Wildman–Crippen MR) is 150 cm³/mol. The molecule has 32 heavy (non-hydrogen) atoms. The van der Waals surface area contributed by atoms with Crippen LogP contribution < -0.4 is 0 Å². The van der Waals surface area contributed by atoms with Crippen LogP contribution in [0.3, 0.4) is 0 Å². The summed E-state index contributed by atoms with van der Waals surface area (Å²) in [4.78, 5) is 0. The highest BCUT2D eigenvalue weighted by Gasteiger charge is 1.95. The van der Waals surface area contributed by atoms with Crippen molar-refractivity contribution in [2.45, 2.75) is 194 Å². The average molecular weight is 449 g/mol. The first-order valence-corrected chi connectivity index (χ1v) is 15.6. The number of rotatable bonds is 28. The number of unbranched alkanes of at least 4 members (excludes halogenated alkanes) is 26. The zero-order valence-electron chi connectivity index (χ0n) is 23.0. The summed E-state index contributed by atoms with van der Waals surface area (Å²) in [5.41, 5.74) is 0. The third-order valence-electron chi connectivity index (χ3n) is 7.12. The van der Waals surface area contributed by atoms with Crippen LogP contribution >= 0.6 is 0 Å². The molecule has 0 rings (SSSR count). The molecule has 0 aliphatic carbocycles. The SMILES string of the molecule is CCCCCCC/C=C\CCCCCCCCCCCCCCCCCCCCCCC. The minimum atomic E-state index is 1.31. The van der Waals surface area contributed by atoms with Gasteiger partial charge in [-0.1, -0.05) is 180 Å². The molecule has 0 radical (unpaired) electrons. The van der Waals surface area contributed by atoms with E-state index in [4.69, 9.17) is 0 Å². The number of hydrogen-bond donors (Lipinski definition) is 0. The van der Waals surface area contributed by atoms with E-state index in [1.54, 1.807) is 0 Å². The lowest BCUT2D eigenvalue weighted by Crippen LogP contribution is -1.84. The molecule has 0 aliphatic heterocycles. The Balaban J connectivity index is 3.03. The number of allylic oxidation sites excluding steroid dienone is 2. The third kappa shape index (κ3) is 29.7. The van der Waals surface area contributed by atoms with Crippen LogP contribution in [0.2, 0.25) is 0 Å². The van der Waals surface area contributed by atoms with Crippen LogP contribution in [-0.2, 0) is 0 Å². The van der Waals surface area contributed by atoms with Crippen molar-refractivity contribution in [3.8, 4) is 0 Å². The Morgan fingerprint density at radius 1 is 0.250 bits per heavy atom. The molecule has 0 heterocycles. The van der Waals surface area contributed by atoms with E-state index in [0.29, 0.717) is 0 Å². The van der Waals surface area contributed by atoms with Crippen LogP contribution in [0.4, 0.5) is 0 Å². The Morgan fingerprint density at radius 3 is 0.656 bits per heavy atom. The second kappa shape index (κ2) is 30.7. The Morgan fingerprint density at radius 2 is 0.438 bits per heavy atom. The summed E-state index contributed by atoms with van der Waals surface area (Å²) in [5.74, 6) is 0. The first-order valence-electron chi connectivity index (χ1n) is 15.6. The molecule has 0 spiro atoms. The van der Waals surface area contributed by atoms with Crippen molar-refractivity contribution in [2.75, 3.05) is 0 Å². The topological polar surface area (TPSA) is 0 Å². The van der Waals surface area contributed by atoms with E-state index in [-0.39, 0.29) is 0 Å². The molecule has 0 aromatic rings. The molecular weight excluding hydrogens is 384 g/mol. The molecule has 0 N–H and O–H groups in total. The van der Waals surface area contributed by atoms with Crippen LogP contribution in [0.15, 0.2) is 12.2 Å². The summed E-state index contributed by atoms with van der Waals surface area (Å²) in [7, 11) is 0. The van der Waals surface area contributed by atoms with Crippen LogP contribution in [0, 0.1) is 0 Å². The maximum Gasteiger partial charge on any atom is -0.0351 e. The maximum atomic E-state index is 2.44. The highest BCUT2D eigenvalue weighted by molar-refractivity contribution is 4.81. The molecule has 0 atom stereocenters. The molecule has 0 nitrogen and oxygen atoms in total. The molecule has 0 saturated heterocycles. The first kappa shape index (κ1) is 31.7. The van der Waals surface area contributed by atoms with Gasteiger partial charge in [0.15, 0.2) is 0 Å². The van der Waals surface area contributed by atoms with Gasteiger partial charge >= 0.3 is 0 Å². The molecule has 0 bridgehead atoms.